The molecule has 0 aromatic carbocycles. The largest absolute Gasteiger partial charge is 0.549 e. The maximum atomic E-state index is 13.8. The van der Waals surface area contributed by atoms with E-state index in [1.807, 2.05) is 6.92 Å². The zero-order chi connectivity index (χ0) is 18.0. The number of hydrogen-bond donors (Lipinski definition) is 0. The quantitative estimate of drug-likeness (QED) is 0.553. The minimum Gasteiger partial charge on any atom is -0.286 e. The van der Waals surface area contributed by atoms with E-state index < -0.39 is 19.0 Å². The van der Waals surface area contributed by atoms with Gasteiger partial charge in [-0.25, -0.2) is 0 Å². The first-order valence-electron chi connectivity index (χ1n) is 7.82. The average Bonchev–Trinajstić information content (AvgIpc) is 2.91. The Balaban J connectivity index is 2.74. The Kier molecular flexibility index (Phi) is 5.19. The fourth-order valence-electron chi connectivity index (χ4n) is 3.37. The lowest BCUT2D eigenvalue weighted by atomic mass is 9.61. The highest BCUT2D eigenvalue weighted by atomic mass is 19.2. The summed E-state index contributed by atoms with van der Waals surface area (Å²) in [5, 5.41) is 18.5. The number of nitrogens with zero attached hydrogens (tertiary/aromatic N) is 3. The molecular formula is C18H18BF2N3. The molecule has 1 aliphatic carbocycles. The van der Waals surface area contributed by atoms with Crippen LogP contribution in [0.2, 0.25) is 5.82 Å². The van der Waals surface area contributed by atoms with Gasteiger partial charge in [0.1, 0.15) is 6.07 Å². The first-order chi connectivity index (χ1) is 11.4. The van der Waals surface area contributed by atoms with Crippen molar-refractivity contribution < 1.29 is 8.63 Å². The molecule has 0 saturated heterocycles. The molecule has 0 fully saturated rings. The molecule has 1 aliphatic heterocycles. The third kappa shape index (κ3) is 2.85. The standard InChI is InChI=1S/C18H18BF2N3/c1-5-15(18-12(4)14(8-23)9-24-18)16-11(3)13(7-22)6-10(2)17(16)19(20)21/h6,9,13,17H,5H2,1-4H3/b18-15-. The predicted octanol–water partition coefficient (Wildman–Crippen LogP) is 4.79. The minimum atomic E-state index is -2.56. The van der Waals surface area contributed by atoms with Gasteiger partial charge in [-0.2, -0.15) is 10.5 Å². The summed E-state index contributed by atoms with van der Waals surface area (Å²) in [5.74, 6) is -1.55. The molecule has 0 radical (unpaired) electrons. The van der Waals surface area contributed by atoms with Crippen LogP contribution >= 0.6 is 0 Å². The van der Waals surface area contributed by atoms with E-state index in [4.69, 9.17) is 5.26 Å². The number of nitriles is 2. The van der Waals surface area contributed by atoms with Gasteiger partial charge in [0.15, 0.2) is 0 Å². The van der Waals surface area contributed by atoms with Gasteiger partial charge in [-0.1, -0.05) is 18.6 Å². The summed E-state index contributed by atoms with van der Waals surface area (Å²) in [6.45, 7) is 7.04. The van der Waals surface area contributed by atoms with E-state index in [-0.39, 0.29) is 0 Å². The summed E-state index contributed by atoms with van der Waals surface area (Å²) < 4.78 is 27.5. The van der Waals surface area contributed by atoms with E-state index in [9.17, 15) is 13.9 Å². The van der Waals surface area contributed by atoms with E-state index in [2.05, 4.69) is 17.1 Å². The second-order valence-corrected chi connectivity index (χ2v) is 6.02. The summed E-state index contributed by atoms with van der Waals surface area (Å²) in [6, 6.07) is 4.24. The molecule has 0 amide bonds. The van der Waals surface area contributed by atoms with Crippen LogP contribution in [0.25, 0.3) is 0 Å². The van der Waals surface area contributed by atoms with E-state index in [0.29, 0.717) is 45.6 Å². The molecule has 1 heterocycles. The van der Waals surface area contributed by atoms with Crippen LogP contribution in [-0.4, -0.2) is 13.5 Å². The van der Waals surface area contributed by atoms with Gasteiger partial charge >= 0.3 is 7.27 Å². The van der Waals surface area contributed by atoms with Crippen molar-refractivity contribution in [3.63, 3.8) is 0 Å². The fraction of sp³-hybridized carbons (Fsp3) is 0.389. The maximum Gasteiger partial charge on any atom is 0.549 e. The van der Waals surface area contributed by atoms with Crippen LogP contribution in [0.15, 0.2) is 50.2 Å². The molecule has 0 N–H and O–H groups in total. The average molecular weight is 325 g/mol. The Morgan fingerprint density at radius 1 is 1.29 bits per heavy atom. The first kappa shape index (κ1) is 17.9. The van der Waals surface area contributed by atoms with Crippen LogP contribution in [0.4, 0.5) is 8.63 Å². The van der Waals surface area contributed by atoms with Crippen molar-refractivity contribution in [2.75, 3.05) is 0 Å². The van der Waals surface area contributed by atoms with Crippen LogP contribution in [0.3, 0.4) is 0 Å². The maximum absolute atomic E-state index is 13.8. The molecule has 0 aromatic heterocycles. The Hall–Kier alpha value is -2.47. The summed E-state index contributed by atoms with van der Waals surface area (Å²) in [7, 11) is -2.56. The molecule has 24 heavy (non-hydrogen) atoms. The molecule has 122 valence electrons. The van der Waals surface area contributed by atoms with Gasteiger partial charge in [-0.3, -0.25) is 13.6 Å². The lowest BCUT2D eigenvalue weighted by Gasteiger charge is -2.30. The van der Waals surface area contributed by atoms with Crippen LogP contribution in [-0.2, 0) is 0 Å². The smallest absolute Gasteiger partial charge is 0.286 e. The number of allylic oxidation sites excluding steroid dienone is 7. The van der Waals surface area contributed by atoms with Gasteiger partial charge in [0.05, 0.1) is 23.3 Å². The lowest BCUT2D eigenvalue weighted by Crippen LogP contribution is -2.22. The van der Waals surface area contributed by atoms with Gasteiger partial charge < -0.3 is 0 Å². The zero-order valence-electron chi connectivity index (χ0n) is 14.2. The van der Waals surface area contributed by atoms with Crippen molar-refractivity contribution in [2.24, 2.45) is 10.9 Å². The third-order valence-electron chi connectivity index (χ3n) is 4.68. The van der Waals surface area contributed by atoms with Crippen molar-refractivity contribution in [3.8, 4) is 12.1 Å². The van der Waals surface area contributed by atoms with Crippen molar-refractivity contribution in [3.05, 3.63) is 45.2 Å². The van der Waals surface area contributed by atoms with Crippen LogP contribution in [0.1, 0.15) is 34.1 Å². The Labute approximate surface area is 141 Å². The molecule has 3 nitrogen and oxygen atoms in total. The molecule has 0 saturated carbocycles. The highest BCUT2D eigenvalue weighted by molar-refractivity contribution is 6.47. The topological polar surface area (TPSA) is 59.9 Å². The first-order valence-corrected chi connectivity index (χ1v) is 7.82. The molecule has 0 aromatic rings. The second-order valence-electron chi connectivity index (χ2n) is 6.02. The van der Waals surface area contributed by atoms with Crippen LogP contribution in [0.5, 0.6) is 0 Å². The highest BCUT2D eigenvalue weighted by Crippen LogP contribution is 2.46. The third-order valence-corrected chi connectivity index (χ3v) is 4.68. The van der Waals surface area contributed by atoms with E-state index in [1.54, 1.807) is 26.8 Å². The van der Waals surface area contributed by atoms with Crippen molar-refractivity contribution in [2.45, 2.75) is 39.9 Å². The van der Waals surface area contributed by atoms with Gasteiger partial charge in [-0.15, -0.1) is 0 Å². The molecule has 0 spiro atoms. The minimum absolute atomic E-state index is 0.447. The fourth-order valence-corrected chi connectivity index (χ4v) is 3.37. The van der Waals surface area contributed by atoms with Gasteiger partial charge in [-0.05, 0) is 49.5 Å². The molecule has 6 heteroatoms. The van der Waals surface area contributed by atoms with Crippen molar-refractivity contribution in [1.29, 1.82) is 10.5 Å². The zero-order valence-corrected chi connectivity index (χ0v) is 14.2. The van der Waals surface area contributed by atoms with Crippen molar-refractivity contribution in [1.82, 2.24) is 0 Å². The Morgan fingerprint density at radius 2 is 1.96 bits per heavy atom. The highest BCUT2D eigenvalue weighted by Gasteiger charge is 2.39. The van der Waals surface area contributed by atoms with E-state index >= 15 is 0 Å². The summed E-state index contributed by atoms with van der Waals surface area (Å²) in [4.78, 5) is 4.30. The van der Waals surface area contributed by atoms with E-state index in [1.165, 1.54) is 6.21 Å². The number of halogens is 2. The second kappa shape index (κ2) is 6.97. The number of aliphatic imine (C=N–C) groups is 1. The molecule has 2 atom stereocenters. The number of hydrogen-bond acceptors (Lipinski definition) is 3. The van der Waals surface area contributed by atoms with Gasteiger partial charge in [0.2, 0.25) is 0 Å². The number of rotatable bonds is 3. The summed E-state index contributed by atoms with van der Waals surface area (Å²) in [5.41, 5.74) is 4.08. The van der Waals surface area contributed by atoms with Crippen LogP contribution in [0, 0.1) is 28.6 Å². The van der Waals surface area contributed by atoms with E-state index in [0.717, 1.165) is 0 Å². The molecule has 2 aliphatic rings. The SMILES string of the molecule is CC/C(C1=C(C)C(C#N)C=C(C)C1B(F)F)=C1/N=CC(C#N)=C1C. The normalized spacial score (nSPS) is 25.4. The Morgan fingerprint density at radius 3 is 2.42 bits per heavy atom. The van der Waals surface area contributed by atoms with Crippen LogP contribution < -0.4 is 0 Å². The molecular weight excluding hydrogens is 307 g/mol. The summed E-state index contributed by atoms with van der Waals surface area (Å²) >= 11 is 0. The van der Waals surface area contributed by atoms with Gasteiger partial charge in [0, 0.05) is 12.0 Å². The predicted molar refractivity (Wildman–Crippen MR) is 91.4 cm³/mol. The van der Waals surface area contributed by atoms with Gasteiger partial charge in [0.25, 0.3) is 0 Å². The molecule has 0 bridgehead atoms. The lowest BCUT2D eigenvalue weighted by molar-refractivity contribution is 0.629. The monoisotopic (exact) mass is 325 g/mol. The summed E-state index contributed by atoms with van der Waals surface area (Å²) in [6.07, 6.45) is 3.60. The Bertz CT molecular complexity index is 801. The molecule has 2 unspecified atom stereocenters. The van der Waals surface area contributed by atoms with Crippen molar-refractivity contribution >= 4 is 13.5 Å². The molecule has 2 rings (SSSR count).